The van der Waals surface area contributed by atoms with Crippen LogP contribution < -0.4 is 4.74 Å². The predicted molar refractivity (Wildman–Crippen MR) is 107 cm³/mol. The second-order valence-electron chi connectivity index (χ2n) is 7.10. The van der Waals surface area contributed by atoms with Crippen LogP contribution in [0.3, 0.4) is 0 Å². The van der Waals surface area contributed by atoms with Crippen molar-refractivity contribution in [2.45, 2.75) is 26.8 Å². The maximum Gasteiger partial charge on any atom is 0.316 e. The number of benzene rings is 1. The van der Waals surface area contributed by atoms with E-state index in [1.54, 1.807) is 25.8 Å². The van der Waals surface area contributed by atoms with Gasteiger partial charge in [0.15, 0.2) is 5.82 Å². The van der Waals surface area contributed by atoms with Gasteiger partial charge in [-0.3, -0.25) is 0 Å². The number of aromatic nitrogens is 6. The molecule has 0 aliphatic carbocycles. The van der Waals surface area contributed by atoms with Crippen LogP contribution in [-0.4, -0.2) is 36.8 Å². The molecule has 3 heterocycles. The first kappa shape index (κ1) is 18.8. The lowest BCUT2D eigenvalue weighted by Crippen LogP contribution is -2.03. The molecular weight excluding hydrogens is 368 g/mol. The Morgan fingerprint density at radius 2 is 1.79 bits per heavy atom. The number of rotatable bonds is 7. The first-order chi connectivity index (χ1) is 14.1. The number of ether oxygens (including phenoxy) is 1. The summed E-state index contributed by atoms with van der Waals surface area (Å²) in [5.74, 6) is 1.71. The molecule has 8 nitrogen and oxygen atoms in total. The van der Waals surface area contributed by atoms with E-state index in [0.29, 0.717) is 30.2 Å². The molecule has 0 aliphatic heterocycles. The largest absolute Gasteiger partial charge is 0.467 e. The minimum atomic E-state index is 0.316. The molecule has 8 heteroatoms. The van der Waals surface area contributed by atoms with Gasteiger partial charge < -0.3 is 13.8 Å². The van der Waals surface area contributed by atoms with Crippen LogP contribution >= 0.6 is 0 Å². The molecule has 0 amide bonds. The van der Waals surface area contributed by atoms with Crippen molar-refractivity contribution in [3.05, 3.63) is 60.8 Å². The van der Waals surface area contributed by atoms with Gasteiger partial charge in [-0.15, -0.1) is 0 Å². The molecule has 148 valence electrons. The van der Waals surface area contributed by atoms with Crippen LogP contribution in [0.5, 0.6) is 6.01 Å². The molecule has 0 saturated carbocycles. The highest BCUT2D eigenvalue weighted by atomic mass is 16.5. The van der Waals surface area contributed by atoms with E-state index in [4.69, 9.17) is 9.26 Å². The minimum Gasteiger partial charge on any atom is -0.467 e. The second kappa shape index (κ2) is 8.22. The Kier molecular flexibility index (Phi) is 5.33. The maximum absolute atomic E-state index is 5.45. The van der Waals surface area contributed by atoms with E-state index in [-0.39, 0.29) is 0 Å². The highest BCUT2D eigenvalue weighted by Gasteiger charge is 2.18. The van der Waals surface area contributed by atoms with Gasteiger partial charge in [-0.2, -0.15) is 4.98 Å². The first-order valence-electron chi connectivity index (χ1n) is 9.42. The Morgan fingerprint density at radius 3 is 2.48 bits per heavy atom. The van der Waals surface area contributed by atoms with Crippen molar-refractivity contribution in [2.75, 3.05) is 7.11 Å². The Bertz CT molecular complexity index is 1070. The summed E-state index contributed by atoms with van der Waals surface area (Å²) in [5.41, 5.74) is 3.54. The quantitative estimate of drug-likeness (QED) is 0.476. The van der Waals surface area contributed by atoms with Gasteiger partial charge in [0.2, 0.25) is 5.89 Å². The normalized spacial score (nSPS) is 11.2. The van der Waals surface area contributed by atoms with Gasteiger partial charge in [-0.25, -0.2) is 15.0 Å². The summed E-state index contributed by atoms with van der Waals surface area (Å²) < 4.78 is 12.5. The zero-order chi connectivity index (χ0) is 20.2. The van der Waals surface area contributed by atoms with Crippen LogP contribution in [0.1, 0.15) is 25.6 Å². The van der Waals surface area contributed by atoms with Crippen molar-refractivity contribution >= 4 is 0 Å². The van der Waals surface area contributed by atoms with Crippen molar-refractivity contribution in [3.8, 4) is 28.5 Å². The number of nitrogens with zero attached hydrogens (tertiary/aromatic N) is 6. The summed E-state index contributed by atoms with van der Waals surface area (Å²) in [6.45, 7) is 4.66. The highest BCUT2D eigenvalue weighted by Crippen LogP contribution is 2.31. The number of hydrogen-bond donors (Lipinski definition) is 0. The molecule has 4 aromatic rings. The molecular formula is C21H22N6O2. The van der Waals surface area contributed by atoms with E-state index in [1.807, 2.05) is 34.9 Å². The monoisotopic (exact) mass is 390 g/mol. The van der Waals surface area contributed by atoms with Crippen LogP contribution in [0.15, 0.2) is 53.6 Å². The molecule has 0 bridgehead atoms. The molecule has 0 N–H and O–H groups in total. The fourth-order valence-corrected chi connectivity index (χ4v) is 3.10. The summed E-state index contributed by atoms with van der Waals surface area (Å²) in [6.07, 6.45) is 6.00. The molecule has 29 heavy (non-hydrogen) atoms. The summed E-state index contributed by atoms with van der Waals surface area (Å²) in [4.78, 5) is 17.6. The molecule has 0 fully saturated rings. The number of hydrogen-bond acceptors (Lipinski definition) is 7. The lowest BCUT2D eigenvalue weighted by molar-refractivity contribution is 0.364. The Hall–Kier alpha value is -3.55. The summed E-state index contributed by atoms with van der Waals surface area (Å²) in [7, 11) is 1.54. The van der Waals surface area contributed by atoms with Gasteiger partial charge in [0, 0.05) is 29.9 Å². The molecule has 3 aromatic heterocycles. The zero-order valence-electron chi connectivity index (χ0n) is 16.6. The Balaban J connectivity index is 1.73. The SMILES string of the molecule is COc1ncc(-c2c(-c3ccccc3)ncn2Cc2nc(CC(C)C)no2)cn1. The van der Waals surface area contributed by atoms with Crippen molar-refractivity contribution in [1.82, 2.24) is 29.7 Å². The second-order valence-corrected chi connectivity index (χ2v) is 7.10. The van der Waals surface area contributed by atoms with Crippen LogP contribution in [0.4, 0.5) is 0 Å². The van der Waals surface area contributed by atoms with Crippen LogP contribution in [-0.2, 0) is 13.0 Å². The third-order valence-electron chi connectivity index (χ3n) is 4.38. The van der Waals surface area contributed by atoms with Gasteiger partial charge >= 0.3 is 6.01 Å². The van der Waals surface area contributed by atoms with E-state index in [0.717, 1.165) is 28.9 Å². The molecule has 4 rings (SSSR count). The maximum atomic E-state index is 5.45. The Morgan fingerprint density at radius 1 is 1.03 bits per heavy atom. The van der Waals surface area contributed by atoms with Crippen molar-refractivity contribution in [2.24, 2.45) is 5.92 Å². The van der Waals surface area contributed by atoms with Crippen LogP contribution in [0.25, 0.3) is 22.5 Å². The average molecular weight is 390 g/mol. The standard InChI is InChI=1S/C21H22N6O2/c1-14(2)9-17-25-18(29-26-17)12-27-13-24-19(15-7-5-4-6-8-15)20(27)16-10-22-21(28-3)23-11-16/h4-8,10-11,13-14H,9,12H2,1-3H3. The summed E-state index contributed by atoms with van der Waals surface area (Å²) >= 11 is 0. The molecule has 0 radical (unpaired) electrons. The number of methoxy groups -OCH3 is 1. The summed E-state index contributed by atoms with van der Waals surface area (Å²) in [6, 6.07) is 10.3. The van der Waals surface area contributed by atoms with Crippen LogP contribution in [0.2, 0.25) is 0 Å². The van der Waals surface area contributed by atoms with Gasteiger partial charge in [0.25, 0.3) is 0 Å². The molecule has 0 saturated heterocycles. The zero-order valence-corrected chi connectivity index (χ0v) is 16.6. The lowest BCUT2D eigenvalue weighted by Gasteiger charge is -2.09. The topological polar surface area (TPSA) is 91.8 Å². The molecule has 1 aromatic carbocycles. The number of imidazole rings is 1. The predicted octanol–water partition coefficient (Wildman–Crippen LogP) is 3.65. The third kappa shape index (κ3) is 4.16. The van der Waals surface area contributed by atoms with Gasteiger partial charge in [-0.1, -0.05) is 49.3 Å². The first-order valence-corrected chi connectivity index (χ1v) is 9.42. The molecule has 0 unspecified atom stereocenters. The van der Waals surface area contributed by atoms with Crippen molar-refractivity contribution in [1.29, 1.82) is 0 Å². The fourth-order valence-electron chi connectivity index (χ4n) is 3.10. The fraction of sp³-hybridized carbons (Fsp3) is 0.286. The molecule has 0 aliphatic rings. The van der Waals surface area contributed by atoms with Crippen LogP contribution in [0, 0.1) is 5.92 Å². The van der Waals surface area contributed by atoms with Gasteiger partial charge in [-0.05, 0) is 5.92 Å². The van der Waals surface area contributed by atoms with Gasteiger partial charge in [0.1, 0.15) is 6.54 Å². The highest BCUT2D eigenvalue weighted by molar-refractivity contribution is 5.78. The lowest BCUT2D eigenvalue weighted by atomic mass is 10.1. The third-order valence-corrected chi connectivity index (χ3v) is 4.38. The van der Waals surface area contributed by atoms with E-state index in [2.05, 4.69) is 38.9 Å². The molecule has 0 atom stereocenters. The smallest absolute Gasteiger partial charge is 0.316 e. The molecule has 0 spiro atoms. The average Bonchev–Trinajstić information content (AvgIpc) is 3.35. The van der Waals surface area contributed by atoms with E-state index < -0.39 is 0 Å². The van der Waals surface area contributed by atoms with Gasteiger partial charge in [0.05, 0.1) is 24.8 Å². The Labute approximate surface area is 168 Å². The van der Waals surface area contributed by atoms with Crippen molar-refractivity contribution < 1.29 is 9.26 Å². The van der Waals surface area contributed by atoms with E-state index >= 15 is 0 Å². The van der Waals surface area contributed by atoms with E-state index in [9.17, 15) is 0 Å². The summed E-state index contributed by atoms with van der Waals surface area (Å²) in [5, 5.41) is 4.08. The van der Waals surface area contributed by atoms with Crippen molar-refractivity contribution in [3.63, 3.8) is 0 Å². The minimum absolute atomic E-state index is 0.316. The van der Waals surface area contributed by atoms with E-state index in [1.165, 1.54) is 0 Å².